The van der Waals surface area contributed by atoms with E-state index in [1.165, 1.54) is 0 Å². The molecule has 0 aliphatic rings. The van der Waals surface area contributed by atoms with E-state index >= 15 is 0 Å². The van der Waals surface area contributed by atoms with Crippen molar-refractivity contribution in [2.24, 2.45) is 5.41 Å². The van der Waals surface area contributed by atoms with Crippen LogP contribution in [0.15, 0.2) is 18.2 Å². The number of carbonyl (C=O) groups excluding carboxylic acids is 2. The second-order valence-corrected chi connectivity index (χ2v) is 6.08. The normalized spacial score (nSPS) is 11.1. The summed E-state index contributed by atoms with van der Waals surface area (Å²) in [6.07, 6.45) is 1.90. The first-order chi connectivity index (χ1) is 9.78. The molecule has 0 fully saturated rings. The zero-order chi connectivity index (χ0) is 16.0. The minimum absolute atomic E-state index is 0.264. The Labute approximate surface area is 131 Å². The monoisotopic (exact) mass is 310 g/mol. The summed E-state index contributed by atoms with van der Waals surface area (Å²) in [4.78, 5) is 24.5. The summed E-state index contributed by atoms with van der Waals surface area (Å²) in [7, 11) is 0. The highest BCUT2D eigenvalue weighted by atomic mass is 35.5. The second-order valence-electron chi connectivity index (χ2n) is 5.65. The number of halogens is 1. The highest BCUT2D eigenvalue weighted by Crippen LogP contribution is 2.23. The minimum Gasteiger partial charge on any atom is -0.355 e. The average molecular weight is 311 g/mol. The summed E-state index contributed by atoms with van der Waals surface area (Å²) in [5, 5.41) is 6.20. The topological polar surface area (TPSA) is 58.2 Å². The van der Waals surface area contributed by atoms with Crippen molar-refractivity contribution in [2.75, 3.05) is 11.9 Å². The summed E-state index contributed by atoms with van der Waals surface area (Å²) < 4.78 is 0. The molecular weight excluding hydrogens is 288 g/mol. The lowest BCUT2D eigenvalue weighted by molar-refractivity contribution is -0.138. The smallest absolute Gasteiger partial charge is 0.239 e. The van der Waals surface area contributed by atoms with Crippen LogP contribution in [0.5, 0.6) is 0 Å². The van der Waals surface area contributed by atoms with Crippen molar-refractivity contribution in [3.63, 3.8) is 0 Å². The lowest BCUT2D eigenvalue weighted by atomic mass is 9.90. The fourth-order valence-electron chi connectivity index (χ4n) is 1.75. The minimum atomic E-state index is -1.13. The van der Waals surface area contributed by atoms with Crippen LogP contribution in [0.2, 0.25) is 5.02 Å². The van der Waals surface area contributed by atoms with Gasteiger partial charge in [-0.05, 0) is 51.0 Å². The SMILES string of the molecule is CCCCNC(=O)C(C)(C)C(=O)Nc1ccc(Cl)cc1C. The standard InChI is InChI=1S/C16H23ClN2O2/c1-5-6-9-18-14(20)16(3,4)15(21)19-13-8-7-12(17)10-11(13)2/h7-8,10H,5-6,9H2,1-4H3,(H,18,20)(H,19,21). The molecular formula is C16H23ClN2O2. The molecule has 2 N–H and O–H groups in total. The van der Waals surface area contributed by atoms with Gasteiger partial charge in [-0.1, -0.05) is 24.9 Å². The van der Waals surface area contributed by atoms with Crippen molar-refractivity contribution in [2.45, 2.75) is 40.5 Å². The predicted octanol–water partition coefficient (Wildman–Crippen LogP) is 3.53. The van der Waals surface area contributed by atoms with E-state index in [9.17, 15) is 9.59 Å². The first-order valence-corrected chi connectivity index (χ1v) is 7.52. The van der Waals surface area contributed by atoms with Gasteiger partial charge in [-0.15, -0.1) is 0 Å². The predicted molar refractivity (Wildman–Crippen MR) is 86.5 cm³/mol. The van der Waals surface area contributed by atoms with Crippen LogP contribution < -0.4 is 10.6 Å². The molecule has 0 aliphatic heterocycles. The Morgan fingerprint density at radius 3 is 2.48 bits per heavy atom. The molecule has 0 spiro atoms. The summed E-state index contributed by atoms with van der Waals surface area (Å²) in [5.74, 6) is -0.595. The molecule has 0 heterocycles. The van der Waals surface area contributed by atoms with Crippen molar-refractivity contribution in [3.05, 3.63) is 28.8 Å². The summed E-state index contributed by atoms with van der Waals surface area (Å²) in [6.45, 7) is 7.73. The summed E-state index contributed by atoms with van der Waals surface area (Å²) >= 11 is 5.89. The van der Waals surface area contributed by atoms with E-state index in [0.717, 1.165) is 18.4 Å². The number of anilines is 1. The number of hydrogen-bond donors (Lipinski definition) is 2. The van der Waals surface area contributed by atoms with E-state index in [4.69, 9.17) is 11.6 Å². The van der Waals surface area contributed by atoms with Crippen molar-refractivity contribution in [1.29, 1.82) is 0 Å². The third-order valence-electron chi connectivity index (χ3n) is 3.39. The Kier molecular flexibility index (Phi) is 6.21. The molecule has 21 heavy (non-hydrogen) atoms. The number of nitrogens with one attached hydrogen (secondary N) is 2. The molecule has 0 saturated carbocycles. The zero-order valence-electron chi connectivity index (χ0n) is 13.0. The van der Waals surface area contributed by atoms with E-state index in [1.807, 2.05) is 13.8 Å². The first-order valence-electron chi connectivity index (χ1n) is 7.15. The molecule has 0 aliphatic carbocycles. The molecule has 5 heteroatoms. The van der Waals surface area contributed by atoms with Crippen molar-refractivity contribution < 1.29 is 9.59 Å². The largest absolute Gasteiger partial charge is 0.355 e. The molecule has 0 aromatic heterocycles. The molecule has 0 unspecified atom stereocenters. The Balaban J connectivity index is 2.74. The van der Waals surface area contributed by atoms with Crippen LogP contribution in [-0.2, 0) is 9.59 Å². The van der Waals surface area contributed by atoms with Gasteiger partial charge in [0.1, 0.15) is 5.41 Å². The number of amides is 2. The molecule has 0 radical (unpaired) electrons. The quantitative estimate of drug-likeness (QED) is 0.624. The molecule has 0 saturated heterocycles. The summed E-state index contributed by atoms with van der Waals surface area (Å²) in [5.41, 5.74) is 0.400. The fraction of sp³-hybridized carbons (Fsp3) is 0.500. The van der Waals surface area contributed by atoms with E-state index in [1.54, 1.807) is 32.0 Å². The number of aryl methyl sites for hydroxylation is 1. The van der Waals surface area contributed by atoms with Crippen LogP contribution in [0.1, 0.15) is 39.2 Å². The van der Waals surface area contributed by atoms with E-state index in [2.05, 4.69) is 10.6 Å². The van der Waals surface area contributed by atoms with Gasteiger partial charge in [0, 0.05) is 17.3 Å². The maximum absolute atomic E-state index is 12.3. The number of rotatable bonds is 6. The Bertz CT molecular complexity index is 527. The number of hydrogen-bond acceptors (Lipinski definition) is 2. The molecule has 1 aromatic rings. The fourth-order valence-corrected chi connectivity index (χ4v) is 1.98. The van der Waals surface area contributed by atoms with Gasteiger partial charge >= 0.3 is 0 Å². The van der Waals surface area contributed by atoms with Gasteiger partial charge in [0.05, 0.1) is 0 Å². The second kappa shape index (κ2) is 7.46. The molecule has 4 nitrogen and oxygen atoms in total. The van der Waals surface area contributed by atoms with Gasteiger partial charge in [0.25, 0.3) is 0 Å². The van der Waals surface area contributed by atoms with Crippen LogP contribution in [-0.4, -0.2) is 18.4 Å². The van der Waals surface area contributed by atoms with Crippen LogP contribution in [0, 0.1) is 12.3 Å². The van der Waals surface area contributed by atoms with Gasteiger partial charge < -0.3 is 10.6 Å². The maximum atomic E-state index is 12.3. The molecule has 1 rings (SSSR count). The van der Waals surface area contributed by atoms with Crippen LogP contribution >= 0.6 is 11.6 Å². The number of unbranched alkanes of at least 4 members (excludes halogenated alkanes) is 1. The van der Waals surface area contributed by atoms with Gasteiger partial charge in [0.15, 0.2) is 0 Å². The Morgan fingerprint density at radius 1 is 1.24 bits per heavy atom. The van der Waals surface area contributed by atoms with Gasteiger partial charge in [-0.25, -0.2) is 0 Å². The Hall–Kier alpha value is -1.55. The van der Waals surface area contributed by atoms with Crippen molar-refractivity contribution in [1.82, 2.24) is 5.32 Å². The molecule has 1 aromatic carbocycles. The number of benzene rings is 1. The first kappa shape index (κ1) is 17.5. The lowest BCUT2D eigenvalue weighted by Gasteiger charge is -2.23. The van der Waals surface area contributed by atoms with Crippen molar-refractivity contribution in [3.8, 4) is 0 Å². The van der Waals surface area contributed by atoms with Crippen LogP contribution in [0.3, 0.4) is 0 Å². The van der Waals surface area contributed by atoms with E-state index in [0.29, 0.717) is 17.3 Å². The third-order valence-corrected chi connectivity index (χ3v) is 3.62. The van der Waals surface area contributed by atoms with E-state index < -0.39 is 5.41 Å². The maximum Gasteiger partial charge on any atom is 0.239 e. The van der Waals surface area contributed by atoms with Gasteiger partial charge in [0.2, 0.25) is 11.8 Å². The zero-order valence-corrected chi connectivity index (χ0v) is 13.8. The highest BCUT2D eigenvalue weighted by molar-refractivity contribution is 6.30. The highest BCUT2D eigenvalue weighted by Gasteiger charge is 2.35. The molecule has 0 atom stereocenters. The Morgan fingerprint density at radius 2 is 1.90 bits per heavy atom. The molecule has 2 amide bonds. The lowest BCUT2D eigenvalue weighted by Crippen LogP contribution is -2.45. The third kappa shape index (κ3) is 4.74. The van der Waals surface area contributed by atoms with Crippen molar-refractivity contribution >= 4 is 29.1 Å². The van der Waals surface area contributed by atoms with Crippen LogP contribution in [0.25, 0.3) is 0 Å². The average Bonchev–Trinajstić information content (AvgIpc) is 2.41. The summed E-state index contributed by atoms with van der Waals surface area (Å²) in [6, 6.07) is 5.21. The number of carbonyl (C=O) groups is 2. The molecule has 116 valence electrons. The molecule has 0 bridgehead atoms. The van der Waals surface area contributed by atoms with E-state index in [-0.39, 0.29) is 11.8 Å². The van der Waals surface area contributed by atoms with Gasteiger partial charge in [-0.2, -0.15) is 0 Å². The van der Waals surface area contributed by atoms with Crippen LogP contribution in [0.4, 0.5) is 5.69 Å². The van der Waals surface area contributed by atoms with Gasteiger partial charge in [-0.3, -0.25) is 9.59 Å².